The van der Waals surface area contributed by atoms with Gasteiger partial charge in [-0.25, -0.2) is 4.79 Å². The summed E-state index contributed by atoms with van der Waals surface area (Å²) in [7, 11) is 0. The Balaban J connectivity index is 2.15. The lowest BCUT2D eigenvalue weighted by Crippen LogP contribution is -2.70. The van der Waals surface area contributed by atoms with Gasteiger partial charge in [0, 0.05) is 33.7 Å². The number of unbranched alkanes of at least 4 members (excludes halogenated alkanes) is 29. The first-order valence-corrected chi connectivity index (χ1v) is 27.5. The van der Waals surface area contributed by atoms with Crippen molar-refractivity contribution in [1.82, 2.24) is 10.2 Å². The van der Waals surface area contributed by atoms with Gasteiger partial charge in [-0.15, -0.1) is 0 Å². The van der Waals surface area contributed by atoms with Crippen LogP contribution < -0.4 is 5.32 Å². The zero-order valence-corrected chi connectivity index (χ0v) is 43.6. The van der Waals surface area contributed by atoms with E-state index in [1.807, 2.05) is 30.3 Å². The average molecular weight is 957 g/mol. The fourth-order valence-electron chi connectivity index (χ4n) is 9.26. The molecule has 1 aliphatic rings. The van der Waals surface area contributed by atoms with Crippen LogP contribution >= 0.6 is 0 Å². The number of nitrogens with one attached hydrogen (secondary N) is 1. The van der Waals surface area contributed by atoms with Crippen molar-refractivity contribution in [3.05, 3.63) is 35.9 Å². The Hall–Kier alpha value is -3.67. The maximum absolute atomic E-state index is 14.5. The van der Waals surface area contributed by atoms with Gasteiger partial charge < -0.3 is 33.9 Å². The largest absolute Gasteiger partial charge is 0.463 e. The molecule has 0 saturated carbocycles. The third-order valence-electron chi connectivity index (χ3n) is 13.1. The minimum Gasteiger partial charge on any atom is -0.463 e. The van der Waals surface area contributed by atoms with Crippen LogP contribution in [0.1, 0.15) is 246 Å². The zero-order chi connectivity index (χ0) is 49.5. The number of benzene rings is 1. The van der Waals surface area contributed by atoms with Gasteiger partial charge in [-0.3, -0.25) is 19.2 Å². The van der Waals surface area contributed by atoms with E-state index in [1.165, 1.54) is 168 Å². The summed E-state index contributed by atoms with van der Waals surface area (Å²) in [5.74, 6) is -2.14. The van der Waals surface area contributed by atoms with Gasteiger partial charge in [-0.1, -0.05) is 230 Å². The summed E-state index contributed by atoms with van der Waals surface area (Å²) in [6, 6.07) is 8.00. The number of carbonyl (C=O) groups is 5. The van der Waals surface area contributed by atoms with E-state index in [4.69, 9.17) is 23.7 Å². The predicted octanol–water partition coefficient (Wildman–Crippen LogP) is 13.8. The standard InChI is InChI=1S/C56H96N2O10/c1-6-8-10-12-14-16-18-20-22-24-26-28-30-32-34-39-43-58(51(62)42-38-33-31-29-27-25-23-21-19-17-15-13-11-9-7-2)55-52(57-56(63)65-44-49-40-36-35-37-41-49)54(67-48(5)61)53(66-47(4)60)50(68-55)45-64-46(3)59/h35-37,40-41,50,52-55H,6-34,38-39,42-45H2,1-5H3,(H,57,63)/t50-,52-,53-,54-,55-/m1/s1. The molecule has 390 valence electrons. The number of esters is 3. The van der Waals surface area contributed by atoms with Crippen molar-refractivity contribution in [2.24, 2.45) is 0 Å². The van der Waals surface area contributed by atoms with Gasteiger partial charge in [-0.05, 0) is 18.4 Å². The fourth-order valence-corrected chi connectivity index (χ4v) is 9.26. The monoisotopic (exact) mass is 957 g/mol. The van der Waals surface area contributed by atoms with E-state index in [0.717, 1.165) is 44.1 Å². The van der Waals surface area contributed by atoms with Crippen molar-refractivity contribution in [2.75, 3.05) is 13.2 Å². The van der Waals surface area contributed by atoms with Crippen molar-refractivity contribution >= 4 is 29.9 Å². The van der Waals surface area contributed by atoms with Crippen LogP contribution in [0.25, 0.3) is 0 Å². The second-order valence-electron chi connectivity index (χ2n) is 19.3. The Kier molecular flexibility index (Phi) is 35.6. The van der Waals surface area contributed by atoms with Crippen molar-refractivity contribution in [1.29, 1.82) is 0 Å². The lowest BCUT2D eigenvalue weighted by Gasteiger charge is -2.48. The highest BCUT2D eigenvalue weighted by molar-refractivity contribution is 5.77. The van der Waals surface area contributed by atoms with E-state index in [0.29, 0.717) is 19.4 Å². The van der Waals surface area contributed by atoms with Crippen molar-refractivity contribution in [3.8, 4) is 0 Å². The van der Waals surface area contributed by atoms with Gasteiger partial charge in [0.15, 0.2) is 18.4 Å². The molecule has 1 fully saturated rings. The van der Waals surface area contributed by atoms with Crippen molar-refractivity contribution < 1.29 is 47.7 Å². The van der Waals surface area contributed by atoms with E-state index in [9.17, 15) is 24.0 Å². The SMILES string of the molecule is CCCCCCCCCCCCCCCCCCN(C(=O)CCCCCCCCCCCCCCCCC)[C@@H]1O[C@H](COC(C)=O)[C@@H](OC(C)=O)[C@H](OC(C)=O)[C@H]1NC(=O)OCc1ccccc1. The molecule has 2 amide bonds. The average Bonchev–Trinajstić information content (AvgIpc) is 3.31. The summed E-state index contributed by atoms with van der Waals surface area (Å²) < 4.78 is 29.2. The molecule has 0 unspecified atom stereocenters. The maximum atomic E-state index is 14.5. The molecule has 12 heteroatoms. The molecule has 0 spiro atoms. The van der Waals surface area contributed by atoms with Gasteiger partial charge in [0.05, 0.1) is 0 Å². The van der Waals surface area contributed by atoms with Crippen LogP contribution in [-0.2, 0) is 49.5 Å². The Labute approximate surface area is 412 Å². The van der Waals surface area contributed by atoms with Crippen molar-refractivity contribution in [3.63, 3.8) is 0 Å². The summed E-state index contributed by atoms with van der Waals surface area (Å²) in [6.45, 7) is 8.15. The predicted molar refractivity (Wildman–Crippen MR) is 271 cm³/mol. The molecule has 0 aromatic heterocycles. The molecular formula is C56H96N2O10. The van der Waals surface area contributed by atoms with E-state index >= 15 is 0 Å². The highest BCUT2D eigenvalue weighted by Crippen LogP contribution is 2.31. The number of alkyl carbamates (subject to hydrolysis) is 1. The van der Waals surface area contributed by atoms with Gasteiger partial charge in [-0.2, -0.15) is 0 Å². The van der Waals surface area contributed by atoms with Gasteiger partial charge in [0.1, 0.15) is 25.4 Å². The molecule has 1 aromatic rings. The minimum atomic E-state index is -1.31. The lowest BCUT2D eigenvalue weighted by molar-refractivity contribution is -0.245. The van der Waals surface area contributed by atoms with Crippen LogP contribution in [0.4, 0.5) is 4.79 Å². The van der Waals surface area contributed by atoms with Gasteiger partial charge in [0.25, 0.3) is 0 Å². The lowest BCUT2D eigenvalue weighted by atomic mass is 9.94. The molecular weight excluding hydrogens is 861 g/mol. The normalized spacial score (nSPS) is 17.9. The highest BCUT2D eigenvalue weighted by Gasteiger charge is 2.53. The van der Waals surface area contributed by atoms with E-state index in [-0.39, 0.29) is 25.5 Å². The molecule has 2 rings (SSSR count). The highest BCUT2D eigenvalue weighted by atomic mass is 16.6. The van der Waals surface area contributed by atoms with E-state index in [1.54, 1.807) is 4.90 Å². The molecule has 12 nitrogen and oxygen atoms in total. The number of nitrogens with zero attached hydrogens (tertiary/aromatic N) is 1. The van der Waals surface area contributed by atoms with E-state index in [2.05, 4.69) is 19.2 Å². The Morgan fingerprint density at radius 3 is 1.35 bits per heavy atom. The van der Waals surface area contributed by atoms with Gasteiger partial charge in [0.2, 0.25) is 5.91 Å². The molecule has 1 N–H and O–H groups in total. The quantitative estimate of drug-likeness (QED) is 0.0382. The number of ether oxygens (including phenoxy) is 5. The second kappa shape index (κ2) is 40.1. The fraction of sp³-hybridized carbons (Fsp3) is 0.804. The van der Waals surface area contributed by atoms with Crippen LogP contribution in [0.2, 0.25) is 0 Å². The van der Waals surface area contributed by atoms with Crippen LogP contribution in [-0.4, -0.2) is 78.5 Å². The Bertz CT molecular complexity index is 1460. The zero-order valence-electron chi connectivity index (χ0n) is 43.6. The molecule has 0 aliphatic carbocycles. The molecule has 0 bridgehead atoms. The number of hydrogen-bond acceptors (Lipinski definition) is 10. The summed E-state index contributed by atoms with van der Waals surface area (Å²) in [5, 5.41) is 2.84. The van der Waals surface area contributed by atoms with Crippen LogP contribution in [0.15, 0.2) is 30.3 Å². The Morgan fingerprint density at radius 2 is 0.926 bits per heavy atom. The minimum absolute atomic E-state index is 0.0351. The summed E-state index contributed by atoms with van der Waals surface area (Å²) in [5.41, 5.74) is 0.763. The maximum Gasteiger partial charge on any atom is 0.407 e. The summed E-state index contributed by atoms with van der Waals surface area (Å²) in [4.78, 5) is 67.1. The molecule has 1 aliphatic heterocycles. The van der Waals surface area contributed by atoms with Crippen LogP contribution in [0.5, 0.6) is 0 Å². The van der Waals surface area contributed by atoms with Crippen LogP contribution in [0.3, 0.4) is 0 Å². The molecule has 1 saturated heterocycles. The number of rotatable bonds is 41. The molecule has 5 atom stereocenters. The molecule has 1 aromatic carbocycles. The first-order valence-electron chi connectivity index (χ1n) is 27.5. The first-order chi connectivity index (χ1) is 33.1. The molecule has 68 heavy (non-hydrogen) atoms. The molecule has 1 heterocycles. The van der Waals surface area contributed by atoms with Crippen LogP contribution in [0, 0.1) is 0 Å². The first kappa shape index (κ1) is 60.5. The van der Waals surface area contributed by atoms with Crippen molar-refractivity contribution in [2.45, 2.75) is 277 Å². The third-order valence-corrected chi connectivity index (χ3v) is 13.1. The second-order valence-corrected chi connectivity index (χ2v) is 19.3. The third kappa shape index (κ3) is 29.4. The van der Waals surface area contributed by atoms with Gasteiger partial charge >= 0.3 is 24.0 Å². The number of hydrogen-bond donors (Lipinski definition) is 1. The smallest absolute Gasteiger partial charge is 0.407 e. The summed E-state index contributed by atoms with van der Waals surface area (Å²) in [6.07, 6.45) is 32.2. The number of carbonyl (C=O) groups excluding carboxylic acids is 5. The molecule has 0 radical (unpaired) electrons. The Morgan fingerprint density at radius 1 is 0.515 bits per heavy atom. The topological polar surface area (TPSA) is 147 Å². The number of amides is 2. The summed E-state index contributed by atoms with van der Waals surface area (Å²) >= 11 is 0. The van der Waals surface area contributed by atoms with E-state index < -0.39 is 54.6 Å².